The van der Waals surface area contributed by atoms with Crippen molar-refractivity contribution in [2.45, 2.75) is 32.6 Å². The molecule has 0 aliphatic heterocycles. The number of carbonyl (C=O) groups is 1. The first kappa shape index (κ1) is 12.6. The minimum absolute atomic E-state index is 0.194. The van der Waals surface area contributed by atoms with Crippen molar-refractivity contribution < 1.29 is 14.6 Å². The van der Waals surface area contributed by atoms with E-state index in [4.69, 9.17) is 4.74 Å². The molecular weight excluding hydrogens is 204 g/mol. The van der Waals surface area contributed by atoms with Gasteiger partial charge in [0, 0.05) is 0 Å². The van der Waals surface area contributed by atoms with Crippen LogP contribution >= 0.6 is 0 Å². The van der Waals surface area contributed by atoms with E-state index in [9.17, 15) is 9.90 Å². The minimum atomic E-state index is -0.341. The van der Waals surface area contributed by atoms with Gasteiger partial charge in [-0.1, -0.05) is 19.8 Å². The van der Waals surface area contributed by atoms with Gasteiger partial charge in [0.15, 0.2) is 0 Å². The number of hydrogen-bond donors (Lipinski definition) is 1. The Kier molecular flexibility index (Phi) is 4.83. The van der Waals surface area contributed by atoms with Crippen molar-refractivity contribution >= 4 is 5.97 Å². The van der Waals surface area contributed by atoms with Gasteiger partial charge in [-0.2, -0.15) is 0 Å². The lowest BCUT2D eigenvalue weighted by Crippen LogP contribution is -2.05. The maximum atomic E-state index is 11.5. The van der Waals surface area contributed by atoms with Crippen LogP contribution in [0.25, 0.3) is 0 Å². The maximum Gasteiger partial charge on any atom is 0.338 e. The van der Waals surface area contributed by atoms with Crippen LogP contribution in [0.15, 0.2) is 18.2 Å². The van der Waals surface area contributed by atoms with E-state index in [1.54, 1.807) is 12.1 Å². The normalized spacial score (nSPS) is 10.1. The molecule has 0 unspecified atom stereocenters. The first-order valence-corrected chi connectivity index (χ1v) is 5.59. The molecule has 0 radical (unpaired) electrons. The smallest absolute Gasteiger partial charge is 0.338 e. The molecule has 0 saturated carbocycles. The van der Waals surface area contributed by atoms with Crippen molar-refractivity contribution in [1.82, 2.24) is 0 Å². The number of ether oxygens (including phenoxy) is 1. The molecule has 0 bridgehead atoms. The molecule has 0 heterocycles. The van der Waals surface area contributed by atoms with Crippen LogP contribution in [0.3, 0.4) is 0 Å². The number of phenolic OH excluding ortho intramolecular Hbond substituents is 1. The third kappa shape index (κ3) is 3.26. The number of aryl methyl sites for hydroxylation is 1. The summed E-state index contributed by atoms with van der Waals surface area (Å²) in [6.45, 7) is 2.13. The minimum Gasteiger partial charge on any atom is -0.508 e. The Morgan fingerprint density at radius 3 is 2.75 bits per heavy atom. The van der Waals surface area contributed by atoms with E-state index in [1.807, 2.05) is 0 Å². The number of rotatable bonds is 5. The van der Waals surface area contributed by atoms with Crippen LogP contribution in [0.1, 0.15) is 42.1 Å². The molecule has 3 nitrogen and oxygen atoms in total. The van der Waals surface area contributed by atoms with E-state index in [2.05, 4.69) is 6.92 Å². The molecule has 16 heavy (non-hydrogen) atoms. The van der Waals surface area contributed by atoms with Crippen LogP contribution < -0.4 is 0 Å². The second-order valence-corrected chi connectivity index (χ2v) is 3.79. The van der Waals surface area contributed by atoms with Crippen molar-refractivity contribution in [2.75, 3.05) is 7.11 Å². The second kappa shape index (κ2) is 6.16. The fraction of sp³-hybridized carbons (Fsp3) is 0.462. The predicted molar refractivity (Wildman–Crippen MR) is 62.7 cm³/mol. The molecule has 1 aromatic rings. The molecule has 3 heteroatoms. The summed E-state index contributed by atoms with van der Waals surface area (Å²) < 4.78 is 4.70. The first-order valence-electron chi connectivity index (χ1n) is 5.59. The first-order chi connectivity index (χ1) is 7.69. The molecule has 0 fully saturated rings. The highest BCUT2D eigenvalue weighted by Gasteiger charge is 2.11. The number of aromatic hydroxyl groups is 1. The fourth-order valence-electron chi connectivity index (χ4n) is 1.66. The highest BCUT2D eigenvalue weighted by atomic mass is 16.5. The van der Waals surface area contributed by atoms with Crippen LogP contribution in [0.5, 0.6) is 5.75 Å². The molecule has 0 aliphatic carbocycles. The molecular formula is C13H18O3. The van der Waals surface area contributed by atoms with Gasteiger partial charge in [0.1, 0.15) is 5.75 Å². The van der Waals surface area contributed by atoms with Crippen LogP contribution in [0.2, 0.25) is 0 Å². The monoisotopic (exact) mass is 222 g/mol. The number of benzene rings is 1. The zero-order chi connectivity index (χ0) is 12.0. The number of methoxy groups -OCH3 is 1. The van der Waals surface area contributed by atoms with Crippen LogP contribution in [-0.2, 0) is 11.2 Å². The average molecular weight is 222 g/mol. The Balaban J connectivity index is 2.85. The number of carbonyl (C=O) groups excluding carboxylic acids is 1. The van der Waals surface area contributed by atoms with E-state index in [-0.39, 0.29) is 11.7 Å². The molecule has 1 N–H and O–H groups in total. The molecule has 0 spiro atoms. The van der Waals surface area contributed by atoms with Crippen LogP contribution in [0.4, 0.5) is 0 Å². The van der Waals surface area contributed by atoms with E-state index >= 15 is 0 Å². The molecule has 0 aromatic heterocycles. The Bertz CT molecular complexity index is 358. The van der Waals surface area contributed by atoms with Gasteiger partial charge >= 0.3 is 5.97 Å². The standard InChI is InChI=1S/C13H18O3/c1-3-4-5-6-10-9-11(14)7-8-12(10)13(15)16-2/h7-9,14H,3-6H2,1-2H3. The van der Waals surface area contributed by atoms with E-state index in [1.165, 1.54) is 13.2 Å². The predicted octanol–water partition coefficient (Wildman–Crippen LogP) is 2.91. The van der Waals surface area contributed by atoms with E-state index < -0.39 is 0 Å². The van der Waals surface area contributed by atoms with Gasteiger partial charge in [-0.3, -0.25) is 0 Å². The lowest BCUT2D eigenvalue weighted by atomic mass is 10.0. The Labute approximate surface area is 96.1 Å². The summed E-state index contributed by atoms with van der Waals surface area (Å²) in [6.07, 6.45) is 4.07. The number of unbranched alkanes of at least 4 members (excludes halogenated alkanes) is 2. The average Bonchev–Trinajstić information content (AvgIpc) is 2.29. The summed E-state index contributed by atoms with van der Waals surface area (Å²) >= 11 is 0. The Morgan fingerprint density at radius 1 is 1.38 bits per heavy atom. The Hall–Kier alpha value is -1.51. The molecule has 0 saturated heterocycles. The van der Waals surface area contributed by atoms with Gasteiger partial charge in [-0.15, -0.1) is 0 Å². The fourth-order valence-corrected chi connectivity index (χ4v) is 1.66. The number of hydrogen-bond acceptors (Lipinski definition) is 3. The molecule has 0 amide bonds. The van der Waals surface area contributed by atoms with Gasteiger partial charge in [0.05, 0.1) is 12.7 Å². The summed E-state index contributed by atoms with van der Waals surface area (Å²) in [5, 5.41) is 9.40. The topological polar surface area (TPSA) is 46.5 Å². The molecule has 1 rings (SSSR count). The van der Waals surface area contributed by atoms with Crippen molar-refractivity contribution in [3.8, 4) is 5.75 Å². The van der Waals surface area contributed by atoms with Crippen LogP contribution in [-0.4, -0.2) is 18.2 Å². The summed E-state index contributed by atoms with van der Waals surface area (Å²) in [7, 11) is 1.37. The quantitative estimate of drug-likeness (QED) is 0.615. The maximum absolute atomic E-state index is 11.5. The zero-order valence-corrected chi connectivity index (χ0v) is 9.82. The summed E-state index contributed by atoms with van der Waals surface area (Å²) in [5.74, 6) is -0.148. The van der Waals surface area contributed by atoms with Crippen molar-refractivity contribution in [3.63, 3.8) is 0 Å². The highest BCUT2D eigenvalue weighted by molar-refractivity contribution is 5.91. The highest BCUT2D eigenvalue weighted by Crippen LogP contribution is 2.19. The number of phenols is 1. The molecule has 0 aliphatic rings. The second-order valence-electron chi connectivity index (χ2n) is 3.79. The van der Waals surface area contributed by atoms with Crippen molar-refractivity contribution in [2.24, 2.45) is 0 Å². The van der Waals surface area contributed by atoms with Crippen molar-refractivity contribution in [3.05, 3.63) is 29.3 Å². The third-order valence-electron chi connectivity index (χ3n) is 2.54. The van der Waals surface area contributed by atoms with Gasteiger partial charge in [0.25, 0.3) is 0 Å². The Morgan fingerprint density at radius 2 is 2.12 bits per heavy atom. The number of esters is 1. The molecule has 1 aromatic carbocycles. The van der Waals surface area contributed by atoms with E-state index in [0.717, 1.165) is 31.2 Å². The third-order valence-corrected chi connectivity index (χ3v) is 2.54. The van der Waals surface area contributed by atoms with Gasteiger partial charge in [-0.05, 0) is 36.6 Å². The molecule has 88 valence electrons. The zero-order valence-electron chi connectivity index (χ0n) is 9.82. The van der Waals surface area contributed by atoms with E-state index in [0.29, 0.717) is 5.56 Å². The van der Waals surface area contributed by atoms with Gasteiger partial charge in [0.2, 0.25) is 0 Å². The summed E-state index contributed by atoms with van der Waals surface area (Å²) in [5.41, 5.74) is 1.41. The van der Waals surface area contributed by atoms with Gasteiger partial charge in [-0.25, -0.2) is 4.79 Å². The van der Waals surface area contributed by atoms with Gasteiger partial charge < -0.3 is 9.84 Å². The molecule has 0 atom stereocenters. The van der Waals surface area contributed by atoms with Crippen LogP contribution in [0, 0.1) is 0 Å². The SMILES string of the molecule is CCCCCc1cc(O)ccc1C(=O)OC. The summed E-state index contributed by atoms with van der Waals surface area (Å²) in [6, 6.07) is 4.76. The lowest BCUT2D eigenvalue weighted by Gasteiger charge is -2.08. The lowest BCUT2D eigenvalue weighted by molar-refractivity contribution is 0.0599. The largest absolute Gasteiger partial charge is 0.508 e. The summed E-state index contributed by atoms with van der Waals surface area (Å²) in [4.78, 5) is 11.5. The van der Waals surface area contributed by atoms with Crippen molar-refractivity contribution in [1.29, 1.82) is 0 Å².